The Bertz CT molecular complexity index is 1030. The van der Waals surface area contributed by atoms with Crippen molar-refractivity contribution in [2.45, 2.75) is 6.36 Å². The van der Waals surface area contributed by atoms with Crippen LogP contribution in [0.25, 0.3) is 0 Å². The van der Waals surface area contributed by atoms with E-state index in [1.54, 1.807) is 30.3 Å². The molecule has 0 saturated heterocycles. The van der Waals surface area contributed by atoms with Crippen LogP contribution in [0, 0.1) is 0 Å². The van der Waals surface area contributed by atoms with Gasteiger partial charge >= 0.3 is 6.36 Å². The van der Waals surface area contributed by atoms with Gasteiger partial charge in [0.2, 0.25) is 5.56 Å². The maximum Gasteiger partial charge on any atom is 0.573 e. The van der Waals surface area contributed by atoms with Crippen LogP contribution in [0.3, 0.4) is 0 Å². The first-order valence-electron chi connectivity index (χ1n) is 7.93. The Kier molecular flexibility index (Phi) is 5.35. The molecule has 0 atom stereocenters. The smallest absolute Gasteiger partial charge is 0.457 e. The number of nitrogens with one attached hydrogen (secondary N) is 2. The number of hydrogen-bond acceptors (Lipinski definition) is 4. The van der Waals surface area contributed by atoms with Gasteiger partial charge in [-0.15, -0.1) is 13.2 Å². The summed E-state index contributed by atoms with van der Waals surface area (Å²) in [4.78, 5) is 26.4. The normalized spacial score (nSPS) is 11.0. The zero-order valence-electron chi connectivity index (χ0n) is 14.1. The highest BCUT2D eigenvalue weighted by atomic mass is 19.4. The van der Waals surface area contributed by atoms with Gasteiger partial charge in [0.05, 0.1) is 5.56 Å². The van der Waals surface area contributed by atoms with Crippen molar-refractivity contribution in [1.29, 1.82) is 0 Å². The number of aromatic nitrogens is 1. The van der Waals surface area contributed by atoms with Crippen LogP contribution in [0.4, 0.5) is 18.9 Å². The molecule has 1 aromatic heterocycles. The number of para-hydroxylation sites is 1. The van der Waals surface area contributed by atoms with E-state index in [1.807, 2.05) is 0 Å². The molecule has 1 heterocycles. The number of ether oxygens (including phenoxy) is 2. The van der Waals surface area contributed by atoms with Gasteiger partial charge in [0.15, 0.2) is 0 Å². The molecule has 0 unspecified atom stereocenters. The van der Waals surface area contributed by atoms with Gasteiger partial charge in [0, 0.05) is 18.0 Å². The van der Waals surface area contributed by atoms with Crippen molar-refractivity contribution >= 4 is 11.6 Å². The lowest BCUT2D eigenvalue weighted by Gasteiger charge is -2.14. The molecule has 2 aromatic carbocycles. The van der Waals surface area contributed by atoms with Gasteiger partial charge in [-0.3, -0.25) is 9.59 Å². The van der Waals surface area contributed by atoms with Gasteiger partial charge < -0.3 is 19.8 Å². The Morgan fingerprint density at radius 2 is 1.71 bits per heavy atom. The van der Waals surface area contributed by atoms with Crippen LogP contribution in [0.15, 0.2) is 71.7 Å². The van der Waals surface area contributed by atoms with Crippen molar-refractivity contribution < 1.29 is 27.4 Å². The highest BCUT2D eigenvalue weighted by Crippen LogP contribution is 2.31. The largest absolute Gasteiger partial charge is 0.573 e. The molecule has 9 heteroatoms. The summed E-state index contributed by atoms with van der Waals surface area (Å²) in [5.74, 6) is -0.951. The molecule has 2 N–H and O–H groups in total. The molecule has 28 heavy (non-hydrogen) atoms. The topological polar surface area (TPSA) is 80.4 Å². The maximum atomic E-state index is 12.6. The fourth-order valence-electron chi connectivity index (χ4n) is 2.31. The van der Waals surface area contributed by atoms with Crippen LogP contribution in [0.1, 0.15) is 10.4 Å². The van der Waals surface area contributed by atoms with Crippen molar-refractivity contribution in [3.05, 3.63) is 82.8 Å². The molecule has 0 saturated carbocycles. The number of amides is 1. The van der Waals surface area contributed by atoms with E-state index in [1.165, 1.54) is 18.3 Å². The van der Waals surface area contributed by atoms with E-state index in [0.29, 0.717) is 5.75 Å². The van der Waals surface area contributed by atoms with E-state index in [0.717, 1.165) is 18.2 Å². The lowest BCUT2D eigenvalue weighted by Crippen LogP contribution is -2.18. The molecule has 3 aromatic rings. The number of H-pyrrole nitrogens is 1. The van der Waals surface area contributed by atoms with Crippen molar-refractivity contribution in [3.8, 4) is 17.2 Å². The summed E-state index contributed by atoms with van der Waals surface area (Å²) in [7, 11) is 0. The SMILES string of the molecule is O=C(Nc1cc[nH]c(=O)c1)c1cc(OC(F)(F)F)ccc1Oc1ccccc1. The minimum atomic E-state index is -4.91. The van der Waals surface area contributed by atoms with Crippen LogP contribution >= 0.6 is 0 Å². The molecule has 0 radical (unpaired) electrons. The van der Waals surface area contributed by atoms with E-state index >= 15 is 0 Å². The van der Waals surface area contributed by atoms with E-state index < -0.39 is 23.6 Å². The number of rotatable bonds is 5. The van der Waals surface area contributed by atoms with Crippen molar-refractivity contribution in [3.63, 3.8) is 0 Å². The maximum absolute atomic E-state index is 12.6. The van der Waals surface area contributed by atoms with E-state index in [2.05, 4.69) is 15.0 Å². The second-order valence-electron chi connectivity index (χ2n) is 5.52. The van der Waals surface area contributed by atoms with Crippen LogP contribution in [0.2, 0.25) is 0 Å². The molecule has 0 aliphatic rings. The second kappa shape index (κ2) is 7.87. The molecule has 0 fully saturated rings. The first-order chi connectivity index (χ1) is 13.3. The standard InChI is InChI=1S/C19H13F3N2O4/c20-19(21,22)28-14-6-7-16(27-13-4-2-1-3-5-13)15(11-14)18(26)24-12-8-9-23-17(25)10-12/h1-11H,(H2,23,24,25,26). The molecule has 0 spiro atoms. The Labute approximate surface area is 156 Å². The average molecular weight is 390 g/mol. The third-order valence-corrected chi connectivity index (χ3v) is 3.43. The fourth-order valence-corrected chi connectivity index (χ4v) is 2.31. The zero-order valence-corrected chi connectivity index (χ0v) is 14.1. The number of anilines is 1. The molecule has 6 nitrogen and oxygen atoms in total. The Hall–Kier alpha value is -3.75. The number of pyridine rings is 1. The van der Waals surface area contributed by atoms with Crippen molar-refractivity contribution in [2.24, 2.45) is 0 Å². The molecular weight excluding hydrogens is 377 g/mol. The molecule has 0 aliphatic carbocycles. The number of hydrogen-bond donors (Lipinski definition) is 2. The monoisotopic (exact) mass is 390 g/mol. The lowest BCUT2D eigenvalue weighted by molar-refractivity contribution is -0.274. The van der Waals surface area contributed by atoms with Gasteiger partial charge in [0.1, 0.15) is 17.2 Å². The number of alkyl halides is 3. The fraction of sp³-hybridized carbons (Fsp3) is 0.0526. The minimum absolute atomic E-state index is 0.0167. The number of carbonyl (C=O) groups excluding carboxylic acids is 1. The first kappa shape index (κ1) is 19.0. The Balaban J connectivity index is 1.94. The summed E-state index contributed by atoms with van der Waals surface area (Å²) in [6, 6.07) is 14.1. The lowest BCUT2D eigenvalue weighted by atomic mass is 10.1. The highest BCUT2D eigenvalue weighted by Gasteiger charge is 2.31. The summed E-state index contributed by atoms with van der Waals surface area (Å²) >= 11 is 0. The molecule has 3 rings (SSSR count). The zero-order chi connectivity index (χ0) is 20.1. The summed E-state index contributed by atoms with van der Waals surface area (Å²) in [5, 5.41) is 2.44. The first-order valence-corrected chi connectivity index (χ1v) is 7.93. The summed E-state index contributed by atoms with van der Waals surface area (Å²) < 4.78 is 47.0. The third kappa shape index (κ3) is 5.13. The quantitative estimate of drug-likeness (QED) is 0.680. The highest BCUT2D eigenvalue weighted by molar-refractivity contribution is 6.06. The van der Waals surface area contributed by atoms with Crippen molar-refractivity contribution in [2.75, 3.05) is 5.32 Å². The van der Waals surface area contributed by atoms with E-state index in [4.69, 9.17) is 4.74 Å². The minimum Gasteiger partial charge on any atom is -0.457 e. The van der Waals surface area contributed by atoms with E-state index in [-0.39, 0.29) is 17.0 Å². The van der Waals surface area contributed by atoms with Gasteiger partial charge in [0.25, 0.3) is 5.91 Å². The van der Waals surface area contributed by atoms with Crippen LogP contribution in [-0.4, -0.2) is 17.3 Å². The number of benzene rings is 2. The Morgan fingerprint density at radius 1 is 0.964 bits per heavy atom. The molecule has 0 aliphatic heterocycles. The number of carbonyl (C=O) groups is 1. The predicted molar refractivity (Wildman–Crippen MR) is 94.7 cm³/mol. The van der Waals surface area contributed by atoms with E-state index in [9.17, 15) is 22.8 Å². The summed E-state index contributed by atoms with van der Waals surface area (Å²) in [6.07, 6.45) is -3.59. The van der Waals surface area contributed by atoms with Crippen molar-refractivity contribution in [1.82, 2.24) is 4.98 Å². The third-order valence-electron chi connectivity index (χ3n) is 3.43. The molecule has 144 valence electrons. The number of halogens is 3. The van der Waals surface area contributed by atoms with Gasteiger partial charge in [-0.2, -0.15) is 0 Å². The van der Waals surface area contributed by atoms with Gasteiger partial charge in [-0.25, -0.2) is 0 Å². The van der Waals surface area contributed by atoms with Crippen LogP contribution in [0.5, 0.6) is 17.2 Å². The summed E-state index contributed by atoms with van der Waals surface area (Å²) in [5.41, 5.74) is -0.486. The van der Waals surface area contributed by atoms with Crippen LogP contribution < -0.4 is 20.3 Å². The number of aromatic amines is 1. The van der Waals surface area contributed by atoms with Gasteiger partial charge in [-0.05, 0) is 36.4 Å². The molecule has 0 bridgehead atoms. The second-order valence-corrected chi connectivity index (χ2v) is 5.52. The van der Waals surface area contributed by atoms with Crippen LogP contribution in [-0.2, 0) is 0 Å². The average Bonchev–Trinajstić information content (AvgIpc) is 2.62. The Morgan fingerprint density at radius 3 is 2.39 bits per heavy atom. The molecular formula is C19H13F3N2O4. The predicted octanol–water partition coefficient (Wildman–Crippen LogP) is 4.32. The summed E-state index contributed by atoms with van der Waals surface area (Å²) in [6.45, 7) is 0. The molecule has 1 amide bonds. The van der Waals surface area contributed by atoms with Gasteiger partial charge in [-0.1, -0.05) is 18.2 Å².